The molecule has 1 heterocycles. The predicted octanol–water partition coefficient (Wildman–Crippen LogP) is 2.45. The molecular weight excluding hydrogens is 335 g/mol. The summed E-state index contributed by atoms with van der Waals surface area (Å²) in [5, 5.41) is 0. The van der Waals surface area contributed by atoms with E-state index in [-0.39, 0.29) is 42.8 Å². The molecule has 142 valence electrons. The molecule has 1 aliphatic heterocycles. The SMILES string of the molecule is CC(C)CN1CC(OCc2cccc(F)c2)CN(C(=O)C2CC2)CC1=O. The van der Waals surface area contributed by atoms with Crippen molar-refractivity contribution in [3.8, 4) is 0 Å². The first-order valence-corrected chi connectivity index (χ1v) is 9.35. The zero-order valence-electron chi connectivity index (χ0n) is 15.5. The van der Waals surface area contributed by atoms with Crippen molar-refractivity contribution in [2.24, 2.45) is 11.8 Å². The van der Waals surface area contributed by atoms with E-state index in [1.54, 1.807) is 15.9 Å². The van der Waals surface area contributed by atoms with Gasteiger partial charge in [0, 0.05) is 25.6 Å². The van der Waals surface area contributed by atoms with Crippen molar-refractivity contribution in [2.75, 3.05) is 26.2 Å². The second-order valence-electron chi connectivity index (χ2n) is 7.75. The molecule has 1 aliphatic carbocycles. The standard InChI is InChI=1S/C20H27FN2O3/c1-14(2)9-22-10-18(26-13-15-4-3-5-17(21)8-15)11-23(12-19(22)24)20(25)16-6-7-16/h3-5,8,14,16,18H,6-7,9-13H2,1-2H3. The molecule has 0 bridgehead atoms. The Morgan fingerprint density at radius 2 is 2.08 bits per heavy atom. The maximum absolute atomic E-state index is 13.4. The number of benzene rings is 1. The number of ether oxygens (including phenoxy) is 1. The van der Waals surface area contributed by atoms with Crippen molar-refractivity contribution in [3.05, 3.63) is 35.6 Å². The third kappa shape index (κ3) is 5.04. The lowest BCUT2D eigenvalue weighted by Crippen LogP contribution is -2.41. The van der Waals surface area contributed by atoms with E-state index >= 15 is 0 Å². The van der Waals surface area contributed by atoms with Crippen molar-refractivity contribution in [2.45, 2.75) is 39.4 Å². The second-order valence-corrected chi connectivity index (χ2v) is 7.75. The van der Waals surface area contributed by atoms with Gasteiger partial charge in [0.15, 0.2) is 0 Å². The molecule has 2 aliphatic rings. The highest BCUT2D eigenvalue weighted by Gasteiger charge is 2.38. The molecule has 5 nitrogen and oxygen atoms in total. The number of rotatable bonds is 6. The van der Waals surface area contributed by atoms with Crippen LogP contribution in [0.1, 0.15) is 32.3 Å². The van der Waals surface area contributed by atoms with Gasteiger partial charge < -0.3 is 14.5 Å². The van der Waals surface area contributed by atoms with Crippen molar-refractivity contribution in [1.29, 1.82) is 0 Å². The van der Waals surface area contributed by atoms with Crippen LogP contribution in [0.2, 0.25) is 0 Å². The van der Waals surface area contributed by atoms with E-state index in [0.717, 1.165) is 18.4 Å². The normalized spacial score (nSPS) is 21.2. The molecule has 1 aromatic rings. The molecule has 1 saturated heterocycles. The van der Waals surface area contributed by atoms with Crippen LogP contribution < -0.4 is 0 Å². The fourth-order valence-electron chi connectivity index (χ4n) is 3.30. The van der Waals surface area contributed by atoms with Crippen LogP contribution in [0.3, 0.4) is 0 Å². The summed E-state index contributed by atoms with van der Waals surface area (Å²) in [5.74, 6) is 0.152. The Kier molecular flexibility index (Phi) is 5.91. The molecule has 1 unspecified atom stereocenters. The molecule has 0 radical (unpaired) electrons. The highest BCUT2D eigenvalue weighted by Crippen LogP contribution is 2.31. The van der Waals surface area contributed by atoms with Crippen LogP contribution in [0.15, 0.2) is 24.3 Å². The summed E-state index contributed by atoms with van der Waals surface area (Å²) >= 11 is 0. The fourth-order valence-corrected chi connectivity index (χ4v) is 3.30. The highest BCUT2D eigenvalue weighted by molar-refractivity contribution is 5.87. The van der Waals surface area contributed by atoms with Gasteiger partial charge in [-0.3, -0.25) is 9.59 Å². The van der Waals surface area contributed by atoms with Crippen LogP contribution in [0.5, 0.6) is 0 Å². The minimum absolute atomic E-state index is 0.0236. The van der Waals surface area contributed by atoms with E-state index in [0.29, 0.717) is 25.6 Å². The molecule has 3 rings (SSSR count). The first-order valence-electron chi connectivity index (χ1n) is 9.35. The molecular formula is C20H27FN2O3. The van der Waals surface area contributed by atoms with E-state index in [9.17, 15) is 14.0 Å². The van der Waals surface area contributed by atoms with Crippen LogP contribution in [-0.2, 0) is 20.9 Å². The smallest absolute Gasteiger partial charge is 0.242 e. The lowest BCUT2D eigenvalue weighted by Gasteiger charge is -2.26. The van der Waals surface area contributed by atoms with E-state index in [1.165, 1.54) is 12.1 Å². The summed E-state index contributed by atoms with van der Waals surface area (Å²) in [6.45, 7) is 6.02. The van der Waals surface area contributed by atoms with Gasteiger partial charge in [0.05, 0.1) is 19.3 Å². The third-order valence-corrected chi connectivity index (χ3v) is 4.73. The minimum Gasteiger partial charge on any atom is -0.370 e. The van der Waals surface area contributed by atoms with E-state index < -0.39 is 0 Å². The lowest BCUT2D eigenvalue weighted by molar-refractivity contribution is -0.139. The van der Waals surface area contributed by atoms with Crippen LogP contribution in [0.25, 0.3) is 0 Å². The Balaban J connectivity index is 1.69. The molecule has 0 N–H and O–H groups in total. The average molecular weight is 362 g/mol. The molecule has 2 fully saturated rings. The van der Waals surface area contributed by atoms with Gasteiger partial charge in [0.1, 0.15) is 5.82 Å². The second kappa shape index (κ2) is 8.16. The van der Waals surface area contributed by atoms with Gasteiger partial charge in [-0.15, -0.1) is 0 Å². The molecule has 0 spiro atoms. The highest BCUT2D eigenvalue weighted by atomic mass is 19.1. The van der Waals surface area contributed by atoms with Crippen LogP contribution >= 0.6 is 0 Å². The first-order chi connectivity index (χ1) is 12.4. The summed E-state index contributed by atoms with van der Waals surface area (Å²) in [6.07, 6.45) is 1.55. The molecule has 0 aromatic heterocycles. The van der Waals surface area contributed by atoms with E-state index in [4.69, 9.17) is 4.74 Å². The number of carbonyl (C=O) groups is 2. The van der Waals surface area contributed by atoms with Gasteiger partial charge in [0.25, 0.3) is 0 Å². The molecule has 6 heteroatoms. The molecule has 1 atom stereocenters. The van der Waals surface area contributed by atoms with Gasteiger partial charge in [-0.25, -0.2) is 4.39 Å². The number of hydrogen-bond acceptors (Lipinski definition) is 3. The Hall–Kier alpha value is -1.95. The summed E-state index contributed by atoms with van der Waals surface area (Å²) in [6, 6.07) is 6.30. The molecule has 1 saturated carbocycles. The van der Waals surface area contributed by atoms with Crippen molar-refractivity contribution in [1.82, 2.24) is 9.80 Å². The largest absolute Gasteiger partial charge is 0.370 e. The zero-order chi connectivity index (χ0) is 18.7. The van der Waals surface area contributed by atoms with Crippen molar-refractivity contribution < 1.29 is 18.7 Å². The van der Waals surface area contributed by atoms with Gasteiger partial charge in [-0.1, -0.05) is 26.0 Å². The molecule has 2 amide bonds. The van der Waals surface area contributed by atoms with Crippen molar-refractivity contribution in [3.63, 3.8) is 0 Å². The number of hydrogen-bond donors (Lipinski definition) is 0. The van der Waals surface area contributed by atoms with Gasteiger partial charge in [-0.2, -0.15) is 0 Å². The van der Waals surface area contributed by atoms with Crippen LogP contribution in [0, 0.1) is 17.7 Å². The summed E-state index contributed by atoms with van der Waals surface area (Å²) in [4.78, 5) is 28.5. The summed E-state index contributed by atoms with van der Waals surface area (Å²) in [5.41, 5.74) is 0.746. The topological polar surface area (TPSA) is 49.9 Å². The van der Waals surface area contributed by atoms with Gasteiger partial charge in [-0.05, 0) is 36.5 Å². The summed E-state index contributed by atoms with van der Waals surface area (Å²) in [7, 11) is 0. The number of carbonyl (C=O) groups excluding carboxylic acids is 2. The summed E-state index contributed by atoms with van der Waals surface area (Å²) < 4.78 is 19.3. The first kappa shape index (κ1) is 18.8. The minimum atomic E-state index is -0.297. The van der Waals surface area contributed by atoms with Gasteiger partial charge >= 0.3 is 0 Å². The Bertz CT molecular complexity index is 660. The number of nitrogens with zero attached hydrogens (tertiary/aromatic N) is 2. The van der Waals surface area contributed by atoms with Crippen LogP contribution in [-0.4, -0.2) is 53.9 Å². The van der Waals surface area contributed by atoms with Crippen molar-refractivity contribution >= 4 is 11.8 Å². The van der Waals surface area contributed by atoms with Gasteiger partial charge in [0.2, 0.25) is 11.8 Å². The lowest BCUT2D eigenvalue weighted by atomic mass is 10.2. The van der Waals surface area contributed by atoms with Crippen LogP contribution in [0.4, 0.5) is 4.39 Å². The maximum atomic E-state index is 13.4. The average Bonchev–Trinajstić information content (AvgIpc) is 3.42. The van der Waals surface area contributed by atoms with E-state index in [2.05, 4.69) is 13.8 Å². The Labute approximate surface area is 154 Å². The zero-order valence-corrected chi connectivity index (χ0v) is 15.5. The quantitative estimate of drug-likeness (QED) is 0.781. The number of amides is 2. The van der Waals surface area contributed by atoms with E-state index in [1.807, 2.05) is 6.07 Å². The Morgan fingerprint density at radius 1 is 1.31 bits per heavy atom. The maximum Gasteiger partial charge on any atom is 0.242 e. The molecule has 1 aromatic carbocycles. The molecule has 26 heavy (non-hydrogen) atoms. The third-order valence-electron chi connectivity index (χ3n) is 4.73. The Morgan fingerprint density at radius 3 is 2.73 bits per heavy atom. The predicted molar refractivity (Wildman–Crippen MR) is 95.7 cm³/mol. The number of halogens is 1. The monoisotopic (exact) mass is 362 g/mol. The fraction of sp³-hybridized carbons (Fsp3) is 0.600.